The molecule has 0 amide bonds. The van der Waals surface area contributed by atoms with E-state index in [0.717, 1.165) is 67.3 Å². The number of imidazole rings is 2. The van der Waals surface area contributed by atoms with Gasteiger partial charge in [-0.3, -0.25) is 19.1 Å². The summed E-state index contributed by atoms with van der Waals surface area (Å²) >= 11 is 0. The van der Waals surface area contributed by atoms with Crippen LogP contribution in [-0.2, 0) is 0 Å². The molecule has 10 rings (SSSR count). The lowest BCUT2D eigenvalue weighted by molar-refractivity contribution is 0.628. The molecule has 0 aliphatic heterocycles. The molecule has 0 saturated heterocycles. The van der Waals surface area contributed by atoms with Crippen LogP contribution in [0.3, 0.4) is 0 Å². The average Bonchev–Trinajstić information content (AvgIpc) is 3.84. The zero-order valence-electron chi connectivity index (χ0n) is 29.1. The summed E-state index contributed by atoms with van der Waals surface area (Å²) in [6, 6.07) is 46.1. The van der Waals surface area contributed by atoms with Gasteiger partial charge in [-0.05, 0) is 72.8 Å². The Morgan fingerprint density at radius 2 is 0.764 bits per heavy atom. The number of hydrogen-bond acceptors (Lipinski definition) is 7. The van der Waals surface area contributed by atoms with Crippen molar-refractivity contribution < 1.29 is 4.39 Å². The molecule has 0 atom stereocenters. The van der Waals surface area contributed by atoms with Crippen molar-refractivity contribution in [2.45, 2.75) is 0 Å². The third kappa shape index (κ3) is 5.69. The van der Waals surface area contributed by atoms with Crippen molar-refractivity contribution in [1.82, 2.24) is 44.0 Å². The predicted molar refractivity (Wildman–Crippen MR) is 212 cm³/mol. The van der Waals surface area contributed by atoms with Gasteiger partial charge in [0.2, 0.25) is 0 Å². The molecule has 0 fully saturated rings. The summed E-state index contributed by atoms with van der Waals surface area (Å²) in [5.41, 5.74) is 9.23. The van der Waals surface area contributed by atoms with Gasteiger partial charge in [0, 0.05) is 52.6 Å². The van der Waals surface area contributed by atoms with Crippen LogP contribution in [0, 0.1) is 5.82 Å². The lowest BCUT2D eigenvalue weighted by atomic mass is 10.0. The van der Waals surface area contributed by atoms with Crippen molar-refractivity contribution in [2.24, 2.45) is 0 Å². The molecule has 0 N–H and O–H groups in total. The van der Waals surface area contributed by atoms with E-state index in [1.54, 1.807) is 36.9 Å². The van der Waals surface area contributed by atoms with Crippen LogP contribution in [0.2, 0.25) is 0 Å². The molecule has 0 spiro atoms. The van der Waals surface area contributed by atoms with E-state index in [4.69, 9.17) is 24.9 Å². The number of aromatic nitrogens is 9. The van der Waals surface area contributed by atoms with Crippen molar-refractivity contribution in [2.75, 3.05) is 0 Å². The lowest BCUT2D eigenvalue weighted by Gasteiger charge is -2.15. The van der Waals surface area contributed by atoms with Crippen LogP contribution in [0.25, 0.3) is 90.4 Å². The normalized spacial score (nSPS) is 11.4. The van der Waals surface area contributed by atoms with Crippen LogP contribution in [0.5, 0.6) is 0 Å². The number of pyridine rings is 2. The Kier molecular flexibility index (Phi) is 7.77. The highest BCUT2D eigenvalue weighted by Crippen LogP contribution is 2.38. The Bertz CT molecular complexity index is 2820. The molecule has 0 saturated carbocycles. The molecule has 55 heavy (non-hydrogen) atoms. The molecule has 5 aromatic carbocycles. The van der Waals surface area contributed by atoms with Crippen molar-refractivity contribution in [3.8, 4) is 68.3 Å². The smallest absolute Gasteiger partial charge is 0.164 e. The molecular formula is C45H28FN9. The SMILES string of the molecule is Fc1ccc(-c2nc(-c3ccccc3-c3nc4ccccc4n3-c3ccncc3)nc(-c3ccccc3-c3nc4ccccc4n3-c3ccncc3)n2)cc1. The topological polar surface area (TPSA) is 100 Å². The van der Waals surface area contributed by atoms with E-state index in [1.165, 1.54) is 12.1 Å². The Labute approximate surface area is 314 Å². The van der Waals surface area contributed by atoms with Gasteiger partial charge < -0.3 is 0 Å². The first kappa shape index (κ1) is 32.0. The molecule has 0 aliphatic carbocycles. The van der Waals surface area contributed by atoms with E-state index in [9.17, 15) is 4.39 Å². The summed E-state index contributed by atoms with van der Waals surface area (Å²) in [4.78, 5) is 34.1. The number of fused-ring (bicyclic) bond motifs is 2. The van der Waals surface area contributed by atoms with E-state index in [-0.39, 0.29) is 5.82 Å². The summed E-state index contributed by atoms with van der Waals surface area (Å²) in [6.07, 6.45) is 7.09. The molecule has 0 bridgehead atoms. The first-order valence-corrected chi connectivity index (χ1v) is 17.7. The third-order valence-electron chi connectivity index (χ3n) is 9.52. The molecule has 260 valence electrons. The summed E-state index contributed by atoms with van der Waals surface area (Å²) < 4.78 is 18.5. The van der Waals surface area contributed by atoms with Crippen molar-refractivity contribution >= 4 is 22.1 Å². The summed E-state index contributed by atoms with van der Waals surface area (Å²) in [6.45, 7) is 0. The van der Waals surface area contributed by atoms with Gasteiger partial charge in [-0.15, -0.1) is 0 Å². The van der Waals surface area contributed by atoms with Crippen LogP contribution < -0.4 is 0 Å². The molecular weight excluding hydrogens is 686 g/mol. The maximum absolute atomic E-state index is 14.2. The standard InChI is InChI=1S/C45H28FN9/c46-30-19-17-29(18-20-30)41-51-42(33-9-1-3-11-35(33)44-49-37-13-5-7-15-39(37)54(44)31-21-25-47-26-22-31)53-43(52-41)34-10-2-4-12-36(34)45-50-38-14-6-8-16-40(38)55(45)32-23-27-48-28-24-32/h1-28H. The quantitative estimate of drug-likeness (QED) is 0.162. The average molecular weight is 714 g/mol. The van der Waals surface area contributed by atoms with E-state index < -0.39 is 0 Å². The largest absolute Gasteiger partial charge is 0.292 e. The summed E-state index contributed by atoms with van der Waals surface area (Å²) in [5, 5.41) is 0. The summed E-state index contributed by atoms with van der Waals surface area (Å²) in [7, 11) is 0. The van der Waals surface area contributed by atoms with Gasteiger partial charge in [-0.25, -0.2) is 29.3 Å². The maximum atomic E-state index is 14.2. The highest BCUT2D eigenvalue weighted by atomic mass is 19.1. The van der Waals surface area contributed by atoms with Gasteiger partial charge in [0.25, 0.3) is 0 Å². The molecule has 10 heteroatoms. The van der Waals surface area contributed by atoms with Gasteiger partial charge in [-0.1, -0.05) is 72.8 Å². The van der Waals surface area contributed by atoms with E-state index in [0.29, 0.717) is 23.0 Å². The monoisotopic (exact) mass is 713 g/mol. The number of para-hydroxylation sites is 4. The van der Waals surface area contributed by atoms with E-state index in [2.05, 4.69) is 31.2 Å². The highest BCUT2D eigenvalue weighted by Gasteiger charge is 2.23. The molecule has 0 unspecified atom stereocenters. The zero-order valence-corrected chi connectivity index (χ0v) is 29.1. The number of halogens is 1. The van der Waals surface area contributed by atoms with Gasteiger partial charge in [0.15, 0.2) is 17.5 Å². The molecule has 9 nitrogen and oxygen atoms in total. The highest BCUT2D eigenvalue weighted by molar-refractivity contribution is 5.90. The van der Waals surface area contributed by atoms with Crippen LogP contribution in [0.15, 0.2) is 170 Å². The van der Waals surface area contributed by atoms with E-state index in [1.807, 2.05) is 109 Å². The lowest BCUT2D eigenvalue weighted by Crippen LogP contribution is -2.04. The molecule has 0 radical (unpaired) electrons. The van der Waals surface area contributed by atoms with E-state index >= 15 is 0 Å². The first-order chi connectivity index (χ1) is 27.2. The number of rotatable bonds is 7. The predicted octanol–water partition coefficient (Wildman–Crippen LogP) is 9.81. The summed E-state index contributed by atoms with van der Waals surface area (Å²) in [5.74, 6) is 2.37. The van der Waals surface area contributed by atoms with Crippen molar-refractivity contribution in [3.63, 3.8) is 0 Å². The van der Waals surface area contributed by atoms with Crippen LogP contribution in [0.1, 0.15) is 0 Å². The van der Waals surface area contributed by atoms with Crippen molar-refractivity contribution in [1.29, 1.82) is 0 Å². The molecule has 10 aromatic rings. The second kappa shape index (κ2) is 13.4. The second-order valence-electron chi connectivity index (χ2n) is 12.8. The van der Waals surface area contributed by atoms with Gasteiger partial charge in [-0.2, -0.15) is 0 Å². The number of nitrogens with zero attached hydrogens (tertiary/aromatic N) is 9. The van der Waals surface area contributed by atoms with Crippen molar-refractivity contribution in [3.05, 3.63) is 176 Å². The minimum absolute atomic E-state index is 0.348. The first-order valence-electron chi connectivity index (χ1n) is 17.7. The van der Waals surface area contributed by atoms with Gasteiger partial charge in [0.05, 0.1) is 33.4 Å². The third-order valence-corrected chi connectivity index (χ3v) is 9.52. The molecule has 0 aliphatic rings. The molecule has 5 aromatic heterocycles. The van der Waals surface area contributed by atoms with Crippen LogP contribution >= 0.6 is 0 Å². The minimum Gasteiger partial charge on any atom is -0.292 e. The fourth-order valence-corrected chi connectivity index (χ4v) is 7.01. The second-order valence-corrected chi connectivity index (χ2v) is 12.8. The van der Waals surface area contributed by atoms with Crippen LogP contribution in [-0.4, -0.2) is 44.0 Å². The number of hydrogen-bond donors (Lipinski definition) is 0. The minimum atomic E-state index is -0.348. The zero-order chi connectivity index (χ0) is 36.7. The molecule has 5 heterocycles. The van der Waals surface area contributed by atoms with Gasteiger partial charge >= 0.3 is 0 Å². The van der Waals surface area contributed by atoms with Crippen LogP contribution in [0.4, 0.5) is 4.39 Å². The fourth-order valence-electron chi connectivity index (χ4n) is 7.01. The maximum Gasteiger partial charge on any atom is 0.164 e. The Hall–Kier alpha value is -7.72. The fraction of sp³-hybridized carbons (Fsp3) is 0. The Morgan fingerprint density at radius 1 is 0.364 bits per heavy atom. The Morgan fingerprint density at radius 3 is 1.24 bits per heavy atom. The number of benzene rings is 5. The Balaban J connectivity index is 1.22. The van der Waals surface area contributed by atoms with Gasteiger partial charge in [0.1, 0.15) is 17.5 Å².